The predicted octanol–water partition coefficient (Wildman–Crippen LogP) is 2.70. The average molecular weight is 322 g/mol. The fourth-order valence-corrected chi connectivity index (χ4v) is 3.76. The van der Waals surface area contributed by atoms with Gasteiger partial charge in [-0.3, -0.25) is 4.79 Å². The van der Waals surface area contributed by atoms with Gasteiger partial charge in [0.2, 0.25) is 5.91 Å². The number of hydrogen-bond acceptors (Lipinski definition) is 4. The number of carbonyl (C=O) groups is 1. The second-order valence-electron chi connectivity index (χ2n) is 6.41. The van der Waals surface area contributed by atoms with Gasteiger partial charge in [0.1, 0.15) is 5.75 Å². The highest BCUT2D eigenvalue weighted by molar-refractivity contribution is 5.92. The van der Waals surface area contributed by atoms with Gasteiger partial charge >= 0.3 is 0 Å². The molecule has 5 nitrogen and oxygen atoms in total. The number of nitrogens with one attached hydrogen (secondary N) is 2. The standard InChI is InChI=1S/C17H23FN2O3/c1-22-15-9-16(23-2)14(8-13(15)18)20-17(21)7-10-5-11-3-4-12(6-10)19-11/h8-12,19H,3-7H2,1-2H3,(H,20,21). The molecule has 3 rings (SSSR count). The van der Waals surface area contributed by atoms with Crippen LogP contribution in [0, 0.1) is 11.7 Å². The molecule has 1 aromatic rings. The van der Waals surface area contributed by atoms with E-state index in [0.717, 1.165) is 12.8 Å². The number of carbonyl (C=O) groups excluding carboxylic acids is 1. The Morgan fingerprint density at radius 3 is 2.48 bits per heavy atom. The molecule has 2 atom stereocenters. The van der Waals surface area contributed by atoms with Gasteiger partial charge in [-0.15, -0.1) is 0 Å². The third kappa shape index (κ3) is 3.58. The molecule has 2 heterocycles. The molecule has 2 aliphatic heterocycles. The number of anilines is 1. The number of methoxy groups -OCH3 is 2. The lowest BCUT2D eigenvalue weighted by molar-refractivity contribution is -0.117. The summed E-state index contributed by atoms with van der Waals surface area (Å²) in [5.41, 5.74) is 0.340. The zero-order chi connectivity index (χ0) is 16.4. The third-order valence-corrected chi connectivity index (χ3v) is 4.79. The van der Waals surface area contributed by atoms with Crippen molar-refractivity contribution in [2.24, 2.45) is 5.92 Å². The summed E-state index contributed by atoms with van der Waals surface area (Å²) < 4.78 is 24.0. The smallest absolute Gasteiger partial charge is 0.224 e. The van der Waals surface area contributed by atoms with E-state index in [1.807, 2.05) is 0 Å². The highest BCUT2D eigenvalue weighted by Gasteiger charge is 2.34. The zero-order valence-electron chi connectivity index (χ0n) is 13.5. The van der Waals surface area contributed by atoms with Gasteiger partial charge in [-0.25, -0.2) is 4.39 Å². The lowest BCUT2D eigenvalue weighted by atomic mass is 9.89. The Morgan fingerprint density at radius 2 is 1.87 bits per heavy atom. The van der Waals surface area contributed by atoms with E-state index in [9.17, 15) is 9.18 Å². The number of amides is 1. The van der Waals surface area contributed by atoms with Crippen LogP contribution in [0.4, 0.5) is 10.1 Å². The van der Waals surface area contributed by atoms with Crippen molar-refractivity contribution >= 4 is 11.6 Å². The largest absolute Gasteiger partial charge is 0.494 e. The first-order valence-electron chi connectivity index (χ1n) is 8.06. The zero-order valence-corrected chi connectivity index (χ0v) is 13.5. The fraction of sp³-hybridized carbons (Fsp3) is 0.588. The topological polar surface area (TPSA) is 59.6 Å². The van der Waals surface area contributed by atoms with Crippen LogP contribution in [0.5, 0.6) is 11.5 Å². The molecule has 23 heavy (non-hydrogen) atoms. The molecule has 0 aliphatic carbocycles. The second-order valence-corrected chi connectivity index (χ2v) is 6.41. The molecule has 0 spiro atoms. The van der Waals surface area contributed by atoms with Crippen LogP contribution >= 0.6 is 0 Å². The molecule has 2 unspecified atom stereocenters. The first-order valence-corrected chi connectivity index (χ1v) is 8.06. The number of halogens is 1. The number of ether oxygens (including phenoxy) is 2. The van der Waals surface area contributed by atoms with E-state index in [1.54, 1.807) is 0 Å². The number of hydrogen-bond donors (Lipinski definition) is 2. The quantitative estimate of drug-likeness (QED) is 0.875. The fourth-order valence-electron chi connectivity index (χ4n) is 3.76. The first kappa shape index (κ1) is 16.1. The Labute approximate surface area is 135 Å². The normalized spacial score (nSPS) is 26.0. The maximum Gasteiger partial charge on any atom is 0.224 e. The Hall–Kier alpha value is -1.82. The van der Waals surface area contributed by atoms with E-state index in [2.05, 4.69) is 10.6 Å². The van der Waals surface area contributed by atoms with Crippen LogP contribution in [-0.4, -0.2) is 32.2 Å². The minimum atomic E-state index is -0.525. The van der Waals surface area contributed by atoms with Crippen molar-refractivity contribution in [1.29, 1.82) is 0 Å². The van der Waals surface area contributed by atoms with Crippen LogP contribution in [0.2, 0.25) is 0 Å². The molecular formula is C17H23FN2O3. The Morgan fingerprint density at radius 1 is 1.22 bits per heavy atom. The second kappa shape index (κ2) is 6.74. The van der Waals surface area contributed by atoms with E-state index >= 15 is 0 Å². The van der Waals surface area contributed by atoms with E-state index < -0.39 is 5.82 Å². The number of fused-ring (bicyclic) bond motifs is 2. The van der Waals surface area contributed by atoms with Crippen LogP contribution in [0.25, 0.3) is 0 Å². The maximum absolute atomic E-state index is 13.8. The van der Waals surface area contributed by atoms with Crippen molar-refractivity contribution in [3.05, 3.63) is 17.9 Å². The van der Waals surface area contributed by atoms with E-state index in [1.165, 1.54) is 39.2 Å². The van der Waals surface area contributed by atoms with Gasteiger partial charge in [-0.2, -0.15) is 0 Å². The van der Waals surface area contributed by atoms with E-state index in [0.29, 0.717) is 35.9 Å². The highest BCUT2D eigenvalue weighted by atomic mass is 19.1. The molecular weight excluding hydrogens is 299 g/mol. The van der Waals surface area contributed by atoms with Crippen LogP contribution in [-0.2, 0) is 4.79 Å². The molecule has 2 N–H and O–H groups in total. The van der Waals surface area contributed by atoms with Crippen molar-refractivity contribution < 1.29 is 18.7 Å². The van der Waals surface area contributed by atoms with Gasteiger partial charge in [0.05, 0.1) is 19.9 Å². The van der Waals surface area contributed by atoms with Crippen LogP contribution in [0.1, 0.15) is 32.1 Å². The minimum absolute atomic E-state index is 0.0924. The third-order valence-electron chi connectivity index (χ3n) is 4.79. The maximum atomic E-state index is 13.8. The highest BCUT2D eigenvalue weighted by Crippen LogP contribution is 2.34. The van der Waals surface area contributed by atoms with Gasteiger partial charge in [0.15, 0.2) is 11.6 Å². The Balaban J connectivity index is 1.64. The molecule has 0 radical (unpaired) electrons. The Bertz CT molecular complexity index is 581. The molecule has 0 saturated carbocycles. The molecule has 2 fully saturated rings. The summed E-state index contributed by atoms with van der Waals surface area (Å²) in [4.78, 5) is 12.3. The summed E-state index contributed by atoms with van der Waals surface area (Å²) in [6.07, 6.45) is 4.96. The van der Waals surface area contributed by atoms with E-state index in [4.69, 9.17) is 9.47 Å². The molecule has 1 aromatic carbocycles. The minimum Gasteiger partial charge on any atom is -0.494 e. The SMILES string of the molecule is COc1cc(OC)c(NC(=O)CC2CC3CCC(C2)N3)cc1F. The Kier molecular flexibility index (Phi) is 4.71. The van der Waals surface area contributed by atoms with Gasteiger partial charge in [0.25, 0.3) is 0 Å². The van der Waals surface area contributed by atoms with Crippen molar-refractivity contribution in [3.8, 4) is 11.5 Å². The van der Waals surface area contributed by atoms with Crippen molar-refractivity contribution in [2.45, 2.75) is 44.2 Å². The number of benzene rings is 1. The van der Waals surface area contributed by atoms with Crippen molar-refractivity contribution in [2.75, 3.05) is 19.5 Å². The van der Waals surface area contributed by atoms with Crippen LogP contribution in [0.15, 0.2) is 12.1 Å². The summed E-state index contributed by atoms with van der Waals surface area (Å²) in [5, 5.41) is 6.34. The summed E-state index contributed by atoms with van der Waals surface area (Å²) in [6.45, 7) is 0. The lowest BCUT2D eigenvalue weighted by Gasteiger charge is -2.28. The van der Waals surface area contributed by atoms with Gasteiger partial charge in [-0.1, -0.05) is 0 Å². The van der Waals surface area contributed by atoms with Crippen LogP contribution < -0.4 is 20.1 Å². The average Bonchev–Trinajstić information content (AvgIpc) is 2.86. The van der Waals surface area contributed by atoms with Crippen molar-refractivity contribution in [1.82, 2.24) is 5.32 Å². The molecule has 6 heteroatoms. The summed E-state index contributed by atoms with van der Waals surface area (Å²) in [7, 11) is 2.87. The molecule has 1 amide bonds. The summed E-state index contributed by atoms with van der Waals surface area (Å²) in [6, 6.07) is 3.79. The lowest BCUT2D eigenvalue weighted by Crippen LogP contribution is -2.39. The van der Waals surface area contributed by atoms with Gasteiger partial charge in [0, 0.05) is 30.6 Å². The number of piperidine rings is 1. The molecule has 2 saturated heterocycles. The monoisotopic (exact) mass is 322 g/mol. The molecule has 0 aromatic heterocycles. The van der Waals surface area contributed by atoms with E-state index in [-0.39, 0.29) is 11.7 Å². The molecule has 126 valence electrons. The van der Waals surface area contributed by atoms with Gasteiger partial charge in [-0.05, 0) is 31.6 Å². The summed E-state index contributed by atoms with van der Waals surface area (Å²) in [5.74, 6) is 0.252. The first-order chi connectivity index (χ1) is 11.1. The predicted molar refractivity (Wildman–Crippen MR) is 85.4 cm³/mol. The number of rotatable bonds is 5. The molecule has 2 bridgehead atoms. The summed E-state index contributed by atoms with van der Waals surface area (Å²) >= 11 is 0. The van der Waals surface area contributed by atoms with Crippen molar-refractivity contribution in [3.63, 3.8) is 0 Å². The van der Waals surface area contributed by atoms with Crippen LogP contribution in [0.3, 0.4) is 0 Å². The molecule has 2 aliphatic rings. The van der Waals surface area contributed by atoms with Gasteiger partial charge < -0.3 is 20.1 Å².